The van der Waals surface area contributed by atoms with E-state index >= 15 is 0 Å². The van der Waals surface area contributed by atoms with Gasteiger partial charge in [0.25, 0.3) is 5.91 Å². The van der Waals surface area contributed by atoms with Gasteiger partial charge in [-0.1, -0.05) is 31.7 Å². The SMILES string of the molecule is C=C/C=C(\C=C/C)NC(=O)c1ccc(C)c(NCN=CN=C2C=NC(N3CCCN(CC)CC3)=NC2)c1. The molecule has 2 aliphatic rings. The lowest BCUT2D eigenvalue weighted by molar-refractivity contribution is 0.0967. The van der Waals surface area contributed by atoms with Gasteiger partial charge in [0, 0.05) is 36.6 Å². The smallest absolute Gasteiger partial charge is 0.255 e. The van der Waals surface area contributed by atoms with Crippen molar-refractivity contribution in [3.05, 3.63) is 65.9 Å². The lowest BCUT2D eigenvalue weighted by atomic mass is 10.1. The number of rotatable bonds is 9. The van der Waals surface area contributed by atoms with Crippen molar-refractivity contribution < 1.29 is 4.79 Å². The van der Waals surface area contributed by atoms with E-state index in [1.54, 1.807) is 24.4 Å². The molecular formula is C28H38N8O. The van der Waals surface area contributed by atoms with Crippen molar-refractivity contribution in [3.8, 4) is 0 Å². The molecule has 1 fully saturated rings. The molecule has 196 valence electrons. The molecule has 0 aromatic heterocycles. The first kappa shape index (κ1) is 27.7. The fourth-order valence-corrected chi connectivity index (χ4v) is 4.00. The van der Waals surface area contributed by atoms with Crippen molar-refractivity contribution in [2.75, 3.05) is 51.3 Å². The number of carbonyl (C=O) groups is 1. The monoisotopic (exact) mass is 502 g/mol. The summed E-state index contributed by atoms with van der Waals surface area (Å²) in [5.41, 5.74) is 3.86. The summed E-state index contributed by atoms with van der Waals surface area (Å²) < 4.78 is 0. The summed E-state index contributed by atoms with van der Waals surface area (Å²) in [6.07, 6.45) is 11.5. The average Bonchev–Trinajstić information content (AvgIpc) is 3.16. The predicted molar refractivity (Wildman–Crippen MR) is 155 cm³/mol. The van der Waals surface area contributed by atoms with Crippen molar-refractivity contribution in [1.82, 2.24) is 15.1 Å². The Balaban J connectivity index is 1.51. The van der Waals surface area contributed by atoms with Crippen LogP contribution >= 0.6 is 0 Å². The van der Waals surface area contributed by atoms with E-state index in [-0.39, 0.29) is 5.91 Å². The number of allylic oxidation sites excluding steroid dienone is 4. The number of aliphatic imine (C=N–C) groups is 4. The molecule has 3 rings (SSSR count). The molecule has 0 unspecified atom stereocenters. The fourth-order valence-electron chi connectivity index (χ4n) is 4.00. The second-order valence-corrected chi connectivity index (χ2v) is 8.74. The fraction of sp³-hybridized carbons (Fsp3) is 0.393. The minimum Gasteiger partial charge on any atom is -0.366 e. The largest absolute Gasteiger partial charge is 0.366 e. The number of nitrogens with zero attached hydrogens (tertiary/aromatic N) is 6. The number of likely N-dealkylation sites (N-methyl/N-ethyl adjacent to an activating group) is 1. The number of benzene rings is 1. The number of hydrogen-bond donors (Lipinski definition) is 2. The Labute approximate surface area is 220 Å². The van der Waals surface area contributed by atoms with Crippen LogP contribution in [-0.2, 0) is 0 Å². The number of carbonyl (C=O) groups excluding carboxylic acids is 1. The third kappa shape index (κ3) is 8.64. The van der Waals surface area contributed by atoms with Gasteiger partial charge in [0.05, 0.1) is 18.5 Å². The third-order valence-electron chi connectivity index (χ3n) is 6.10. The van der Waals surface area contributed by atoms with Crippen molar-refractivity contribution in [2.24, 2.45) is 20.0 Å². The van der Waals surface area contributed by atoms with Crippen LogP contribution in [0.15, 0.2) is 74.7 Å². The zero-order valence-corrected chi connectivity index (χ0v) is 22.2. The maximum Gasteiger partial charge on any atom is 0.255 e. The van der Waals surface area contributed by atoms with E-state index in [1.165, 1.54) is 6.34 Å². The van der Waals surface area contributed by atoms with Gasteiger partial charge in [-0.3, -0.25) is 9.79 Å². The van der Waals surface area contributed by atoms with Gasteiger partial charge in [-0.05, 0) is 63.2 Å². The summed E-state index contributed by atoms with van der Waals surface area (Å²) in [5.74, 6) is 0.608. The Morgan fingerprint density at radius 2 is 2.11 bits per heavy atom. The van der Waals surface area contributed by atoms with E-state index in [0.29, 0.717) is 24.5 Å². The molecule has 1 aromatic carbocycles. The first-order valence-electron chi connectivity index (χ1n) is 12.8. The zero-order valence-electron chi connectivity index (χ0n) is 22.2. The molecule has 0 atom stereocenters. The van der Waals surface area contributed by atoms with Crippen LogP contribution < -0.4 is 10.6 Å². The molecule has 1 aromatic rings. The number of hydrogen-bond acceptors (Lipinski definition) is 7. The summed E-state index contributed by atoms with van der Waals surface area (Å²) in [6.45, 7) is 15.8. The Morgan fingerprint density at radius 3 is 2.84 bits per heavy atom. The van der Waals surface area contributed by atoms with Crippen molar-refractivity contribution in [2.45, 2.75) is 27.2 Å². The van der Waals surface area contributed by atoms with E-state index in [9.17, 15) is 4.79 Å². The first-order chi connectivity index (χ1) is 18.0. The van der Waals surface area contributed by atoms with Gasteiger partial charge in [0.1, 0.15) is 13.0 Å². The molecule has 0 spiro atoms. The molecule has 9 nitrogen and oxygen atoms in total. The predicted octanol–water partition coefficient (Wildman–Crippen LogP) is 3.68. The zero-order chi connectivity index (χ0) is 26.5. The molecule has 2 N–H and O–H groups in total. The highest BCUT2D eigenvalue weighted by atomic mass is 16.1. The third-order valence-corrected chi connectivity index (χ3v) is 6.10. The Bertz CT molecular complexity index is 1130. The number of amides is 1. The normalized spacial score (nSPS) is 18.4. The summed E-state index contributed by atoms with van der Waals surface area (Å²) >= 11 is 0. The van der Waals surface area contributed by atoms with Crippen LogP contribution in [0.2, 0.25) is 0 Å². The Kier molecular flexibility index (Phi) is 11.0. The van der Waals surface area contributed by atoms with Crippen molar-refractivity contribution in [3.63, 3.8) is 0 Å². The molecule has 2 aliphatic heterocycles. The lowest BCUT2D eigenvalue weighted by Crippen LogP contribution is -2.36. The van der Waals surface area contributed by atoms with Gasteiger partial charge in [0.15, 0.2) is 0 Å². The van der Waals surface area contributed by atoms with Gasteiger partial charge in [0.2, 0.25) is 5.96 Å². The van der Waals surface area contributed by atoms with Gasteiger partial charge < -0.3 is 20.4 Å². The van der Waals surface area contributed by atoms with E-state index in [1.807, 2.05) is 38.1 Å². The van der Waals surface area contributed by atoms with E-state index in [0.717, 1.165) is 62.1 Å². The van der Waals surface area contributed by atoms with Crippen LogP contribution in [0.3, 0.4) is 0 Å². The second kappa shape index (κ2) is 14.6. The van der Waals surface area contributed by atoms with Crippen LogP contribution in [0, 0.1) is 6.92 Å². The Hall–Kier alpha value is -3.85. The number of guanidine groups is 1. The second-order valence-electron chi connectivity index (χ2n) is 8.74. The highest BCUT2D eigenvalue weighted by Gasteiger charge is 2.18. The minimum absolute atomic E-state index is 0.191. The summed E-state index contributed by atoms with van der Waals surface area (Å²) in [6, 6.07) is 5.53. The molecule has 2 heterocycles. The molecule has 0 bridgehead atoms. The average molecular weight is 503 g/mol. The maximum absolute atomic E-state index is 12.7. The standard InChI is InChI=1S/C28H38N8O/c1-5-9-24(10-6-2)34-27(37)23-12-11-22(4)26(17-23)33-21-29-20-32-25-18-30-28(31-19-25)36-14-8-13-35(7-3)15-16-36/h5-6,9-12,17-18,20,33H,1,7-8,13-16,19,21H2,2-4H3,(H,34,37)/b10-6-,24-9+,29-20?,32-25?. The molecular weight excluding hydrogens is 464 g/mol. The topological polar surface area (TPSA) is 97.0 Å². The number of nitrogens with one attached hydrogen (secondary N) is 2. The van der Waals surface area contributed by atoms with E-state index in [2.05, 4.69) is 53.9 Å². The first-order valence-corrected chi connectivity index (χ1v) is 12.8. The summed E-state index contributed by atoms with van der Waals surface area (Å²) in [4.78, 5) is 35.3. The van der Waals surface area contributed by atoms with Gasteiger partial charge in [-0.15, -0.1) is 0 Å². The molecule has 1 amide bonds. The van der Waals surface area contributed by atoms with Crippen LogP contribution in [0.4, 0.5) is 5.69 Å². The van der Waals surface area contributed by atoms with Gasteiger partial charge >= 0.3 is 0 Å². The summed E-state index contributed by atoms with van der Waals surface area (Å²) in [7, 11) is 0. The maximum atomic E-state index is 12.7. The highest BCUT2D eigenvalue weighted by molar-refractivity contribution is 6.35. The minimum atomic E-state index is -0.191. The number of anilines is 1. The van der Waals surface area contributed by atoms with Crippen LogP contribution in [0.5, 0.6) is 0 Å². The summed E-state index contributed by atoms with van der Waals surface area (Å²) in [5, 5.41) is 6.14. The Morgan fingerprint density at radius 1 is 1.24 bits per heavy atom. The molecule has 0 saturated carbocycles. The van der Waals surface area contributed by atoms with Crippen LogP contribution in [0.1, 0.15) is 36.2 Å². The van der Waals surface area contributed by atoms with E-state index < -0.39 is 0 Å². The molecule has 0 radical (unpaired) electrons. The lowest BCUT2D eigenvalue weighted by Gasteiger charge is -2.23. The van der Waals surface area contributed by atoms with E-state index in [4.69, 9.17) is 0 Å². The molecule has 9 heteroatoms. The van der Waals surface area contributed by atoms with Crippen molar-refractivity contribution in [1.29, 1.82) is 0 Å². The van der Waals surface area contributed by atoms with Crippen molar-refractivity contribution >= 4 is 35.8 Å². The van der Waals surface area contributed by atoms with Crippen LogP contribution in [0.25, 0.3) is 0 Å². The molecule has 0 aliphatic carbocycles. The highest BCUT2D eigenvalue weighted by Crippen LogP contribution is 2.17. The molecule has 1 saturated heterocycles. The van der Waals surface area contributed by atoms with Crippen LogP contribution in [-0.4, -0.2) is 85.9 Å². The quantitative estimate of drug-likeness (QED) is 0.306. The van der Waals surface area contributed by atoms with Gasteiger partial charge in [-0.2, -0.15) is 0 Å². The van der Waals surface area contributed by atoms with Gasteiger partial charge in [-0.25, -0.2) is 15.0 Å². The molecule has 37 heavy (non-hydrogen) atoms. The number of aryl methyl sites for hydroxylation is 1.